The molecular weight excluding hydrogens is 372 g/mol. The summed E-state index contributed by atoms with van der Waals surface area (Å²) in [6, 6.07) is 15.1. The molecule has 0 bridgehead atoms. The highest BCUT2D eigenvalue weighted by Crippen LogP contribution is 2.30. The predicted molar refractivity (Wildman–Crippen MR) is 121 cm³/mol. The molecule has 0 radical (unpaired) electrons. The molecule has 1 saturated carbocycles. The summed E-state index contributed by atoms with van der Waals surface area (Å²) >= 11 is 0. The van der Waals surface area contributed by atoms with Crippen molar-refractivity contribution in [3.8, 4) is 5.75 Å². The molecule has 0 aromatic heterocycles. The van der Waals surface area contributed by atoms with Crippen LogP contribution in [0.25, 0.3) is 0 Å². The fraction of sp³-hybridized carbons (Fsp3) is 0.500. The van der Waals surface area contributed by atoms with Crippen LogP contribution in [0.5, 0.6) is 5.75 Å². The van der Waals surface area contributed by atoms with Gasteiger partial charge in [0.05, 0.1) is 6.61 Å². The lowest BCUT2D eigenvalue weighted by atomic mass is 10.1. The number of amides is 1. The van der Waals surface area contributed by atoms with E-state index in [1.54, 1.807) is 0 Å². The Kier molecular flexibility index (Phi) is 6.43. The summed E-state index contributed by atoms with van der Waals surface area (Å²) in [6.07, 6.45) is 5.55. The lowest BCUT2D eigenvalue weighted by molar-refractivity contribution is 0.0737. The summed E-state index contributed by atoms with van der Waals surface area (Å²) in [7, 11) is 1.93. The predicted octanol–water partition coefficient (Wildman–Crippen LogP) is 4.60. The number of hydrogen-bond acceptors (Lipinski definition) is 3. The van der Waals surface area contributed by atoms with E-state index in [0.29, 0.717) is 6.04 Å². The maximum Gasteiger partial charge on any atom is 0.253 e. The van der Waals surface area contributed by atoms with Crippen molar-refractivity contribution in [2.24, 2.45) is 5.92 Å². The number of fused-ring (bicyclic) bond motifs is 1. The van der Waals surface area contributed by atoms with E-state index >= 15 is 0 Å². The average molecular weight is 407 g/mol. The van der Waals surface area contributed by atoms with Crippen LogP contribution in [-0.4, -0.2) is 36.5 Å². The molecule has 4 rings (SSSR count). The summed E-state index contributed by atoms with van der Waals surface area (Å²) in [5.41, 5.74) is 4.80. The molecular formula is C26H34N2O2. The number of hydrogen-bond donors (Lipinski definition) is 1. The molecule has 2 aliphatic rings. The van der Waals surface area contributed by atoms with Crippen molar-refractivity contribution in [1.82, 2.24) is 10.2 Å². The maximum absolute atomic E-state index is 13.0. The van der Waals surface area contributed by atoms with Crippen molar-refractivity contribution in [2.45, 2.75) is 64.6 Å². The van der Waals surface area contributed by atoms with Crippen LogP contribution < -0.4 is 10.1 Å². The van der Waals surface area contributed by atoms with Gasteiger partial charge in [-0.1, -0.05) is 25.1 Å². The Morgan fingerprint density at radius 2 is 1.87 bits per heavy atom. The third-order valence-corrected chi connectivity index (χ3v) is 6.60. The molecule has 1 N–H and O–H groups in total. The molecule has 4 heteroatoms. The van der Waals surface area contributed by atoms with Crippen LogP contribution in [0.1, 0.15) is 60.2 Å². The highest BCUT2D eigenvalue weighted by atomic mass is 16.5. The number of likely N-dealkylation sites (N-methyl/N-ethyl adjacent to an activating group) is 1. The smallest absolute Gasteiger partial charge is 0.253 e. The minimum absolute atomic E-state index is 0.0835. The molecule has 0 heterocycles. The van der Waals surface area contributed by atoms with E-state index in [1.807, 2.05) is 36.2 Å². The van der Waals surface area contributed by atoms with Gasteiger partial charge in [-0.05, 0) is 85.9 Å². The van der Waals surface area contributed by atoms with E-state index < -0.39 is 0 Å². The van der Waals surface area contributed by atoms with Crippen LogP contribution in [0.15, 0.2) is 42.5 Å². The number of benzene rings is 2. The van der Waals surface area contributed by atoms with Gasteiger partial charge in [0.2, 0.25) is 0 Å². The van der Waals surface area contributed by atoms with Gasteiger partial charge in [0.15, 0.2) is 0 Å². The second-order valence-electron chi connectivity index (χ2n) is 9.05. The molecule has 1 amide bonds. The summed E-state index contributed by atoms with van der Waals surface area (Å²) < 4.78 is 5.79. The molecule has 1 fully saturated rings. The first-order valence-corrected chi connectivity index (χ1v) is 11.4. The Morgan fingerprint density at radius 1 is 1.13 bits per heavy atom. The first kappa shape index (κ1) is 20.9. The average Bonchev–Trinajstić information content (AvgIpc) is 3.51. The molecule has 30 heavy (non-hydrogen) atoms. The van der Waals surface area contributed by atoms with Crippen molar-refractivity contribution in [3.63, 3.8) is 0 Å². The number of carbonyl (C=O) groups is 1. The van der Waals surface area contributed by atoms with E-state index in [2.05, 4.69) is 37.4 Å². The summed E-state index contributed by atoms with van der Waals surface area (Å²) in [5, 5.41) is 3.56. The fourth-order valence-corrected chi connectivity index (χ4v) is 4.03. The van der Waals surface area contributed by atoms with E-state index in [-0.39, 0.29) is 11.9 Å². The molecule has 0 spiro atoms. The van der Waals surface area contributed by atoms with Crippen molar-refractivity contribution >= 4 is 5.91 Å². The molecule has 2 aliphatic carbocycles. The zero-order chi connectivity index (χ0) is 21.1. The third kappa shape index (κ3) is 5.04. The van der Waals surface area contributed by atoms with Crippen LogP contribution in [-0.2, 0) is 19.4 Å². The monoisotopic (exact) mass is 406 g/mol. The zero-order valence-electron chi connectivity index (χ0n) is 18.5. The van der Waals surface area contributed by atoms with Gasteiger partial charge >= 0.3 is 0 Å². The van der Waals surface area contributed by atoms with E-state index in [1.165, 1.54) is 29.5 Å². The van der Waals surface area contributed by atoms with E-state index in [0.717, 1.165) is 49.6 Å². The zero-order valence-corrected chi connectivity index (χ0v) is 18.5. The van der Waals surface area contributed by atoms with Crippen LogP contribution in [0.3, 0.4) is 0 Å². The Bertz CT molecular complexity index is 873. The van der Waals surface area contributed by atoms with Gasteiger partial charge in [0.25, 0.3) is 5.91 Å². The topological polar surface area (TPSA) is 41.6 Å². The standard InChI is InChI=1S/C26H34N2O2/c1-4-18(2)27-16-20-7-8-22-14-24(15-23(22)13-20)28(3)26(29)21-9-11-25(12-10-21)30-17-19-5-6-19/h7-13,18-19,24,27H,4-6,14-17H2,1-3H3. The summed E-state index contributed by atoms with van der Waals surface area (Å²) in [5.74, 6) is 1.67. The summed E-state index contributed by atoms with van der Waals surface area (Å²) in [4.78, 5) is 14.9. The molecule has 2 atom stereocenters. The minimum Gasteiger partial charge on any atom is -0.493 e. The van der Waals surface area contributed by atoms with Crippen molar-refractivity contribution in [1.29, 1.82) is 0 Å². The van der Waals surface area contributed by atoms with E-state index in [4.69, 9.17) is 4.74 Å². The quantitative estimate of drug-likeness (QED) is 0.662. The fourth-order valence-electron chi connectivity index (χ4n) is 4.03. The van der Waals surface area contributed by atoms with Crippen LogP contribution in [0, 0.1) is 5.92 Å². The molecule has 0 saturated heterocycles. The molecule has 0 aliphatic heterocycles. The Labute approximate surface area is 180 Å². The van der Waals surface area contributed by atoms with Gasteiger partial charge in [0.1, 0.15) is 5.75 Å². The second kappa shape index (κ2) is 9.22. The Morgan fingerprint density at radius 3 is 2.57 bits per heavy atom. The number of nitrogens with zero attached hydrogens (tertiary/aromatic N) is 1. The van der Waals surface area contributed by atoms with Crippen LogP contribution >= 0.6 is 0 Å². The normalized spacial score (nSPS) is 18.7. The first-order chi connectivity index (χ1) is 14.5. The minimum atomic E-state index is 0.0835. The van der Waals surface area contributed by atoms with Crippen molar-refractivity contribution < 1.29 is 9.53 Å². The van der Waals surface area contributed by atoms with Gasteiger partial charge < -0.3 is 15.0 Å². The van der Waals surface area contributed by atoms with Gasteiger partial charge in [-0.3, -0.25) is 4.79 Å². The number of ether oxygens (including phenoxy) is 1. The Balaban J connectivity index is 1.34. The highest BCUT2D eigenvalue weighted by Gasteiger charge is 2.28. The lowest BCUT2D eigenvalue weighted by Gasteiger charge is -2.24. The largest absolute Gasteiger partial charge is 0.493 e. The van der Waals surface area contributed by atoms with E-state index in [9.17, 15) is 4.79 Å². The summed E-state index contributed by atoms with van der Waals surface area (Å²) in [6.45, 7) is 6.11. The molecule has 2 unspecified atom stereocenters. The lowest BCUT2D eigenvalue weighted by Crippen LogP contribution is -2.37. The van der Waals surface area contributed by atoms with Crippen molar-refractivity contribution in [2.75, 3.05) is 13.7 Å². The van der Waals surface area contributed by atoms with Gasteiger partial charge in [-0.2, -0.15) is 0 Å². The molecule has 2 aromatic carbocycles. The third-order valence-electron chi connectivity index (χ3n) is 6.60. The highest BCUT2D eigenvalue weighted by molar-refractivity contribution is 5.94. The van der Waals surface area contributed by atoms with Gasteiger partial charge in [0, 0.05) is 31.2 Å². The Hall–Kier alpha value is -2.33. The molecule has 2 aromatic rings. The van der Waals surface area contributed by atoms with Crippen LogP contribution in [0.2, 0.25) is 0 Å². The van der Waals surface area contributed by atoms with Crippen molar-refractivity contribution in [3.05, 3.63) is 64.7 Å². The SMILES string of the molecule is CCC(C)NCc1ccc2c(c1)CC(N(C)C(=O)c1ccc(OCC3CC3)cc1)C2. The molecule has 4 nitrogen and oxygen atoms in total. The second-order valence-corrected chi connectivity index (χ2v) is 9.05. The molecule has 160 valence electrons. The maximum atomic E-state index is 13.0. The first-order valence-electron chi connectivity index (χ1n) is 11.4. The number of nitrogens with one attached hydrogen (secondary N) is 1. The van der Waals surface area contributed by atoms with Crippen LogP contribution in [0.4, 0.5) is 0 Å². The van der Waals surface area contributed by atoms with Gasteiger partial charge in [-0.25, -0.2) is 0 Å². The number of carbonyl (C=O) groups excluding carboxylic acids is 1. The number of rotatable bonds is 9. The van der Waals surface area contributed by atoms with Gasteiger partial charge in [-0.15, -0.1) is 0 Å².